The van der Waals surface area contributed by atoms with Gasteiger partial charge in [-0.15, -0.1) is 0 Å². The summed E-state index contributed by atoms with van der Waals surface area (Å²) in [6.07, 6.45) is 1.83. The average molecular weight is 238 g/mol. The first-order valence-corrected chi connectivity index (χ1v) is 5.97. The summed E-state index contributed by atoms with van der Waals surface area (Å²) >= 11 is 0. The predicted octanol–water partition coefficient (Wildman–Crippen LogP) is 1.18. The Kier molecular flexibility index (Phi) is 5.80. The maximum atomic E-state index is 9.04. The minimum atomic E-state index is 0.182. The molecule has 17 heavy (non-hydrogen) atoms. The third-order valence-electron chi connectivity index (χ3n) is 2.85. The minimum Gasteiger partial charge on any atom is -0.495 e. The molecular formula is C13H22N2O2. The van der Waals surface area contributed by atoms with Crippen LogP contribution in [0.15, 0.2) is 18.2 Å². The lowest BCUT2D eigenvalue weighted by atomic mass is 10.1. The summed E-state index contributed by atoms with van der Waals surface area (Å²) in [6.45, 7) is 3.07. The maximum Gasteiger partial charge on any atom is 0.141 e. The lowest BCUT2D eigenvalue weighted by Crippen LogP contribution is -2.33. The fourth-order valence-electron chi connectivity index (χ4n) is 1.70. The zero-order valence-corrected chi connectivity index (χ0v) is 10.6. The highest BCUT2D eigenvalue weighted by molar-refractivity contribution is 5.54. The van der Waals surface area contributed by atoms with Crippen molar-refractivity contribution < 1.29 is 9.84 Å². The molecule has 96 valence electrons. The standard InChI is InChI=1S/C13H22N2O2/c1-3-11(9-16)15-7-6-10-4-5-13(17-2)12(14)8-10/h4-5,8,11,15-16H,3,6-7,9,14H2,1-2H3. The number of ether oxygens (including phenoxy) is 1. The lowest BCUT2D eigenvalue weighted by molar-refractivity contribution is 0.240. The third kappa shape index (κ3) is 4.24. The Labute approximate surface area is 103 Å². The SMILES string of the molecule is CCC(CO)NCCc1ccc(OC)c(N)c1. The second-order valence-electron chi connectivity index (χ2n) is 4.07. The zero-order valence-electron chi connectivity index (χ0n) is 10.6. The lowest BCUT2D eigenvalue weighted by Gasteiger charge is -2.14. The normalized spacial score (nSPS) is 12.4. The molecule has 1 unspecified atom stereocenters. The highest BCUT2D eigenvalue weighted by Crippen LogP contribution is 2.21. The number of anilines is 1. The number of nitrogen functional groups attached to an aromatic ring is 1. The zero-order chi connectivity index (χ0) is 12.7. The van der Waals surface area contributed by atoms with Gasteiger partial charge < -0.3 is 20.9 Å². The maximum absolute atomic E-state index is 9.04. The van der Waals surface area contributed by atoms with Gasteiger partial charge in [-0.2, -0.15) is 0 Å². The quantitative estimate of drug-likeness (QED) is 0.624. The largest absolute Gasteiger partial charge is 0.495 e. The van der Waals surface area contributed by atoms with Crippen LogP contribution in [0.1, 0.15) is 18.9 Å². The van der Waals surface area contributed by atoms with Crippen molar-refractivity contribution in [2.75, 3.05) is 26.0 Å². The molecule has 0 heterocycles. The second-order valence-corrected chi connectivity index (χ2v) is 4.07. The number of aliphatic hydroxyl groups excluding tert-OH is 1. The van der Waals surface area contributed by atoms with Crippen molar-refractivity contribution in [3.63, 3.8) is 0 Å². The average Bonchev–Trinajstić information content (AvgIpc) is 2.35. The summed E-state index contributed by atoms with van der Waals surface area (Å²) in [7, 11) is 1.61. The van der Waals surface area contributed by atoms with Gasteiger partial charge in [-0.3, -0.25) is 0 Å². The Hall–Kier alpha value is -1.26. The third-order valence-corrected chi connectivity index (χ3v) is 2.85. The van der Waals surface area contributed by atoms with Crippen molar-refractivity contribution in [1.82, 2.24) is 5.32 Å². The molecule has 0 spiro atoms. The van der Waals surface area contributed by atoms with Crippen molar-refractivity contribution in [2.24, 2.45) is 0 Å². The Morgan fingerprint density at radius 2 is 2.24 bits per heavy atom. The molecule has 0 amide bonds. The van der Waals surface area contributed by atoms with E-state index in [0.717, 1.165) is 19.4 Å². The molecule has 0 saturated heterocycles. The summed E-state index contributed by atoms with van der Waals surface area (Å²) in [4.78, 5) is 0. The summed E-state index contributed by atoms with van der Waals surface area (Å²) in [5, 5.41) is 12.3. The van der Waals surface area contributed by atoms with Crippen LogP contribution in [0.2, 0.25) is 0 Å². The summed E-state index contributed by atoms with van der Waals surface area (Å²) in [5.74, 6) is 0.712. The van der Waals surface area contributed by atoms with Gasteiger partial charge in [-0.05, 0) is 37.1 Å². The topological polar surface area (TPSA) is 67.5 Å². The molecule has 0 aliphatic rings. The number of nitrogens with two attached hydrogens (primary N) is 1. The Morgan fingerprint density at radius 1 is 1.47 bits per heavy atom. The van der Waals surface area contributed by atoms with Gasteiger partial charge in [0.2, 0.25) is 0 Å². The van der Waals surface area contributed by atoms with Gasteiger partial charge in [-0.1, -0.05) is 13.0 Å². The number of hydrogen-bond acceptors (Lipinski definition) is 4. The van der Waals surface area contributed by atoms with E-state index in [2.05, 4.69) is 12.2 Å². The van der Waals surface area contributed by atoms with Crippen LogP contribution in [0, 0.1) is 0 Å². The first-order valence-electron chi connectivity index (χ1n) is 5.97. The highest BCUT2D eigenvalue weighted by Gasteiger charge is 2.04. The second kappa shape index (κ2) is 7.14. The molecule has 0 aromatic heterocycles. The Balaban J connectivity index is 2.44. The minimum absolute atomic E-state index is 0.182. The molecule has 0 fully saturated rings. The van der Waals surface area contributed by atoms with Gasteiger partial charge in [0, 0.05) is 6.04 Å². The van der Waals surface area contributed by atoms with E-state index in [1.54, 1.807) is 7.11 Å². The van der Waals surface area contributed by atoms with Gasteiger partial charge >= 0.3 is 0 Å². The van der Waals surface area contributed by atoms with E-state index in [-0.39, 0.29) is 12.6 Å². The number of rotatable bonds is 7. The fraction of sp³-hybridized carbons (Fsp3) is 0.538. The molecule has 1 aromatic rings. The molecule has 1 rings (SSSR count). The molecule has 4 heteroatoms. The van der Waals surface area contributed by atoms with Gasteiger partial charge in [0.05, 0.1) is 19.4 Å². The molecular weight excluding hydrogens is 216 g/mol. The Bertz CT molecular complexity index is 338. The molecule has 0 aliphatic heterocycles. The number of hydrogen-bond donors (Lipinski definition) is 3. The molecule has 1 atom stereocenters. The van der Waals surface area contributed by atoms with Crippen LogP contribution in [0.25, 0.3) is 0 Å². The Morgan fingerprint density at radius 3 is 2.76 bits per heavy atom. The van der Waals surface area contributed by atoms with Gasteiger partial charge in [0.25, 0.3) is 0 Å². The van der Waals surface area contributed by atoms with Crippen LogP contribution in [0.5, 0.6) is 5.75 Å². The molecule has 0 radical (unpaired) electrons. The smallest absolute Gasteiger partial charge is 0.141 e. The van der Waals surface area contributed by atoms with Crippen molar-refractivity contribution in [2.45, 2.75) is 25.8 Å². The van der Waals surface area contributed by atoms with E-state index in [4.69, 9.17) is 15.6 Å². The first kappa shape index (κ1) is 13.8. The molecule has 1 aromatic carbocycles. The highest BCUT2D eigenvalue weighted by atomic mass is 16.5. The van der Waals surface area contributed by atoms with Crippen LogP contribution in [-0.4, -0.2) is 31.4 Å². The van der Waals surface area contributed by atoms with Crippen molar-refractivity contribution >= 4 is 5.69 Å². The number of nitrogens with one attached hydrogen (secondary N) is 1. The van der Waals surface area contributed by atoms with E-state index in [0.29, 0.717) is 11.4 Å². The molecule has 0 saturated carbocycles. The van der Waals surface area contributed by atoms with E-state index in [1.165, 1.54) is 5.56 Å². The van der Waals surface area contributed by atoms with E-state index in [9.17, 15) is 0 Å². The number of aliphatic hydroxyl groups is 1. The van der Waals surface area contributed by atoms with Crippen molar-refractivity contribution in [1.29, 1.82) is 0 Å². The summed E-state index contributed by atoms with van der Waals surface area (Å²) in [5.41, 5.74) is 7.67. The van der Waals surface area contributed by atoms with E-state index < -0.39 is 0 Å². The summed E-state index contributed by atoms with van der Waals surface area (Å²) < 4.78 is 5.10. The first-order chi connectivity index (χ1) is 8.21. The van der Waals surface area contributed by atoms with E-state index >= 15 is 0 Å². The van der Waals surface area contributed by atoms with Crippen LogP contribution in [0.4, 0.5) is 5.69 Å². The molecule has 0 bridgehead atoms. The van der Waals surface area contributed by atoms with Crippen LogP contribution < -0.4 is 15.8 Å². The monoisotopic (exact) mass is 238 g/mol. The van der Waals surface area contributed by atoms with Crippen molar-refractivity contribution in [3.05, 3.63) is 23.8 Å². The van der Waals surface area contributed by atoms with Crippen LogP contribution >= 0.6 is 0 Å². The van der Waals surface area contributed by atoms with Crippen molar-refractivity contribution in [3.8, 4) is 5.75 Å². The van der Waals surface area contributed by atoms with Crippen LogP contribution in [-0.2, 0) is 6.42 Å². The predicted molar refractivity (Wildman–Crippen MR) is 70.3 cm³/mol. The number of benzene rings is 1. The van der Waals surface area contributed by atoms with Gasteiger partial charge in [0.1, 0.15) is 5.75 Å². The van der Waals surface area contributed by atoms with Gasteiger partial charge in [-0.25, -0.2) is 0 Å². The molecule has 4 N–H and O–H groups in total. The van der Waals surface area contributed by atoms with E-state index in [1.807, 2.05) is 18.2 Å². The molecule has 0 aliphatic carbocycles. The molecule has 4 nitrogen and oxygen atoms in total. The fourth-order valence-corrected chi connectivity index (χ4v) is 1.70. The van der Waals surface area contributed by atoms with Crippen LogP contribution in [0.3, 0.4) is 0 Å². The summed E-state index contributed by atoms with van der Waals surface area (Å²) in [6, 6.07) is 6.01. The number of methoxy groups -OCH3 is 1. The van der Waals surface area contributed by atoms with Gasteiger partial charge in [0.15, 0.2) is 0 Å².